The van der Waals surface area contributed by atoms with Gasteiger partial charge in [-0.2, -0.15) is 0 Å². The van der Waals surface area contributed by atoms with E-state index in [2.05, 4.69) is 20.6 Å². The number of aromatic nitrogens is 2. The Bertz CT molecular complexity index is 721. The van der Waals surface area contributed by atoms with Crippen LogP contribution in [0.3, 0.4) is 0 Å². The normalized spacial score (nSPS) is 19.6. The first-order chi connectivity index (χ1) is 12.7. The monoisotopic (exact) mass is 358 g/mol. The number of hydrogen-bond donors (Lipinski definition) is 3. The highest BCUT2D eigenvalue weighted by Crippen LogP contribution is 2.19. The lowest BCUT2D eigenvalue weighted by Crippen LogP contribution is -2.51. The van der Waals surface area contributed by atoms with Crippen LogP contribution in [-0.4, -0.2) is 53.4 Å². The lowest BCUT2D eigenvalue weighted by Gasteiger charge is -2.32. The number of aliphatic hydroxyl groups is 1. The van der Waals surface area contributed by atoms with Gasteiger partial charge in [0.05, 0.1) is 31.4 Å². The van der Waals surface area contributed by atoms with Gasteiger partial charge in [0.2, 0.25) is 5.95 Å². The second kappa shape index (κ2) is 8.59. The summed E-state index contributed by atoms with van der Waals surface area (Å²) >= 11 is 0. The molecule has 1 aliphatic rings. The van der Waals surface area contributed by atoms with Crippen LogP contribution >= 0.6 is 0 Å². The molecule has 26 heavy (non-hydrogen) atoms. The molecule has 3 rings (SSSR count). The molecule has 0 bridgehead atoms. The number of carbonyl (C=O) groups excluding carboxylic acids is 1. The van der Waals surface area contributed by atoms with E-state index in [0.717, 1.165) is 5.56 Å². The average Bonchev–Trinajstić information content (AvgIpc) is 2.70. The highest BCUT2D eigenvalue weighted by molar-refractivity contribution is 5.93. The number of anilines is 1. The minimum absolute atomic E-state index is 0.00928. The fourth-order valence-electron chi connectivity index (χ4n) is 2.67. The summed E-state index contributed by atoms with van der Waals surface area (Å²) in [5.74, 6) is 0.873. The number of benzene rings is 1. The number of hydrogen-bond acceptors (Lipinski definition) is 7. The van der Waals surface area contributed by atoms with Gasteiger partial charge in [-0.25, -0.2) is 9.97 Å². The lowest BCUT2D eigenvalue weighted by atomic mass is 10.1. The van der Waals surface area contributed by atoms with Crippen molar-refractivity contribution in [1.29, 1.82) is 0 Å². The molecule has 1 aromatic carbocycles. The van der Waals surface area contributed by atoms with Gasteiger partial charge in [-0.1, -0.05) is 12.1 Å². The van der Waals surface area contributed by atoms with Gasteiger partial charge in [0.15, 0.2) is 0 Å². The first-order valence-electron chi connectivity index (χ1n) is 8.44. The van der Waals surface area contributed by atoms with Gasteiger partial charge >= 0.3 is 0 Å². The van der Waals surface area contributed by atoms with Crippen LogP contribution in [0.15, 0.2) is 36.7 Å². The third-order valence-corrected chi connectivity index (χ3v) is 4.14. The first kappa shape index (κ1) is 18.1. The van der Waals surface area contributed by atoms with Crippen molar-refractivity contribution in [3.05, 3.63) is 47.8 Å². The largest absolute Gasteiger partial charge is 0.488 e. The Kier molecular flexibility index (Phi) is 5.98. The quantitative estimate of drug-likeness (QED) is 0.707. The number of amides is 1. The second-order valence-corrected chi connectivity index (χ2v) is 5.95. The van der Waals surface area contributed by atoms with Crippen LogP contribution in [0.2, 0.25) is 0 Å². The van der Waals surface area contributed by atoms with Gasteiger partial charge in [0, 0.05) is 25.9 Å². The van der Waals surface area contributed by atoms with Crippen molar-refractivity contribution in [3.63, 3.8) is 0 Å². The van der Waals surface area contributed by atoms with Crippen molar-refractivity contribution in [2.75, 3.05) is 25.6 Å². The Morgan fingerprint density at radius 1 is 1.31 bits per heavy atom. The van der Waals surface area contributed by atoms with Crippen LogP contribution in [0.5, 0.6) is 5.75 Å². The zero-order valence-electron chi connectivity index (χ0n) is 14.5. The molecule has 1 amide bonds. The summed E-state index contributed by atoms with van der Waals surface area (Å²) in [4.78, 5) is 20.5. The summed E-state index contributed by atoms with van der Waals surface area (Å²) in [6.45, 7) is 0.941. The van der Waals surface area contributed by atoms with Gasteiger partial charge in [-0.05, 0) is 17.7 Å². The van der Waals surface area contributed by atoms with Crippen molar-refractivity contribution in [2.45, 2.75) is 25.2 Å². The zero-order valence-corrected chi connectivity index (χ0v) is 14.5. The molecule has 2 aromatic rings. The van der Waals surface area contributed by atoms with E-state index in [1.165, 1.54) is 12.4 Å². The fraction of sp³-hybridized carbons (Fsp3) is 0.389. The van der Waals surface area contributed by atoms with Crippen LogP contribution in [0, 0.1) is 0 Å². The Morgan fingerprint density at radius 2 is 2.04 bits per heavy atom. The van der Waals surface area contributed by atoms with Crippen molar-refractivity contribution >= 4 is 11.9 Å². The Balaban J connectivity index is 1.64. The molecule has 1 fully saturated rings. The summed E-state index contributed by atoms with van der Waals surface area (Å²) in [7, 11) is 1.71. The molecular weight excluding hydrogens is 336 g/mol. The van der Waals surface area contributed by atoms with Gasteiger partial charge < -0.3 is 25.2 Å². The number of nitrogens with one attached hydrogen (secondary N) is 2. The topological polar surface area (TPSA) is 106 Å². The van der Waals surface area contributed by atoms with E-state index in [9.17, 15) is 4.79 Å². The molecule has 0 aliphatic carbocycles. The predicted molar refractivity (Wildman–Crippen MR) is 95.0 cm³/mol. The molecule has 0 saturated carbocycles. The number of rotatable bonds is 6. The molecule has 1 saturated heterocycles. The molecule has 0 radical (unpaired) electrons. The molecule has 8 heteroatoms. The van der Waals surface area contributed by atoms with Gasteiger partial charge in [0.1, 0.15) is 11.9 Å². The Morgan fingerprint density at radius 3 is 2.69 bits per heavy atom. The zero-order chi connectivity index (χ0) is 18.4. The SMILES string of the molecule is CNc1ncc(C(=O)N[C@@H]2COCC[C@H]2Oc2ccc(CO)cc2)cn1. The maximum atomic E-state index is 12.4. The Labute approximate surface area is 151 Å². The minimum atomic E-state index is -0.280. The van der Waals surface area contributed by atoms with Crippen LogP contribution < -0.4 is 15.4 Å². The third kappa shape index (κ3) is 4.47. The molecule has 0 spiro atoms. The molecule has 138 valence electrons. The van der Waals surface area contributed by atoms with E-state index in [1.807, 2.05) is 24.3 Å². The van der Waals surface area contributed by atoms with E-state index in [0.29, 0.717) is 36.9 Å². The number of nitrogens with zero attached hydrogens (tertiary/aromatic N) is 2. The molecule has 0 unspecified atom stereocenters. The van der Waals surface area contributed by atoms with Crippen molar-refractivity contribution in [2.24, 2.45) is 0 Å². The van der Waals surface area contributed by atoms with Crippen LogP contribution in [0.1, 0.15) is 22.3 Å². The minimum Gasteiger partial charge on any atom is -0.488 e. The van der Waals surface area contributed by atoms with E-state index in [4.69, 9.17) is 14.6 Å². The molecule has 2 heterocycles. The fourth-order valence-corrected chi connectivity index (χ4v) is 2.67. The molecule has 2 atom stereocenters. The smallest absolute Gasteiger partial charge is 0.254 e. The van der Waals surface area contributed by atoms with E-state index in [-0.39, 0.29) is 24.7 Å². The van der Waals surface area contributed by atoms with Crippen molar-refractivity contribution in [1.82, 2.24) is 15.3 Å². The summed E-state index contributed by atoms with van der Waals surface area (Å²) < 4.78 is 11.5. The van der Waals surface area contributed by atoms with Crippen LogP contribution in [0.25, 0.3) is 0 Å². The molecule has 1 aliphatic heterocycles. The average molecular weight is 358 g/mol. The van der Waals surface area contributed by atoms with Crippen LogP contribution in [-0.2, 0) is 11.3 Å². The van der Waals surface area contributed by atoms with Crippen molar-refractivity contribution in [3.8, 4) is 5.75 Å². The predicted octanol–water partition coefficient (Wildman–Crippen LogP) is 0.977. The van der Waals surface area contributed by atoms with Crippen LogP contribution in [0.4, 0.5) is 5.95 Å². The highest BCUT2D eigenvalue weighted by atomic mass is 16.5. The van der Waals surface area contributed by atoms with Crippen molar-refractivity contribution < 1.29 is 19.4 Å². The van der Waals surface area contributed by atoms with E-state index in [1.54, 1.807) is 7.05 Å². The number of ether oxygens (including phenoxy) is 2. The molecule has 1 aromatic heterocycles. The Hall–Kier alpha value is -2.71. The molecule has 8 nitrogen and oxygen atoms in total. The van der Waals surface area contributed by atoms with E-state index >= 15 is 0 Å². The summed E-state index contributed by atoms with van der Waals surface area (Å²) in [6.07, 6.45) is 3.41. The van der Waals surface area contributed by atoms with Gasteiger partial charge in [-0.3, -0.25) is 4.79 Å². The van der Waals surface area contributed by atoms with E-state index < -0.39 is 0 Å². The van der Waals surface area contributed by atoms with Gasteiger partial charge in [-0.15, -0.1) is 0 Å². The second-order valence-electron chi connectivity index (χ2n) is 5.95. The third-order valence-electron chi connectivity index (χ3n) is 4.14. The summed E-state index contributed by atoms with van der Waals surface area (Å²) in [5, 5.41) is 14.9. The summed E-state index contributed by atoms with van der Waals surface area (Å²) in [5.41, 5.74) is 1.19. The molecule has 3 N–H and O–H groups in total. The standard InChI is InChI=1S/C18H22N4O4/c1-19-18-20-8-13(9-21-18)17(24)22-15-11-25-7-6-16(15)26-14-4-2-12(10-23)3-5-14/h2-5,8-9,15-16,23H,6-7,10-11H2,1H3,(H,22,24)(H,19,20,21)/t15-,16-/m1/s1. The maximum absolute atomic E-state index is 12.4. The maximum Gasteiger partial charge on any atom is 0.254 e. The number of aliphatic hydroxyl groups excluding tert-OH is 1. The molecular formula is C18H22N4O4. The lowest BCUT2D eigenvalue weighted by molar-refractivity contribution is -0.00290. The number of carbonyl (C=O) groups is 1. The first-order valence-corrected chi connectivity index (χ1v) is 8.44. The highest BCUT2D eigenvalue weighted by Gasteiger charge is 2.29. The van der Waals surface area contributed by atoms with Gasteiger partial charge in [0.25, 0.3) is 5.91 Å². The summed E-state index contributed by atoms with van der Waals surface area (Å²) in [6, 6.07) is 6.96.